The summed E-state index contributed by atoms with van der Waals surface area (Å²) in [4.78, 5) is 39.1. The molecule has 3 N–H and O–H groups in total. The zero-order valence-electron chi connectivity index (χ0n) is 16.6. The zero-order valence-corrected chi connectivity index (χ0v) is 16.6. The zero-order chi connectivity index (χ0) is 20.8. The van der Waals surface area contributed by atoms with Gasteiger partial charge >= 0.3 is 17.8 Å². The van der Waals surface area contributed by atoms with E-state index in [1.165, 1.54) is 0 Å². The number of rotatable bonds is 5. The topological polar surface area (TPSA) is 113 Å². The van der Waals surface area contributed by atoms with Crippen LogP contribution >= 0.6 is 0 Å². The van der Waals surface area contributed by atoms with Crippen LogP contribution in [0.3, 0.4) is 0 Å². The maximum Gasteiger partial charge on any atom is 0.340 e. The number of H-pyrrole nitrogens is 1. The van der Waals surface area contributed by atoms with Crippen molar-refractivity contribution in [2.45, 2.75) is 34.6 Å². The van der Waals surface area contributed by atoms with Crippen LogP contribution in [0.2, 0.25) is 0 Å². The maximum atomic E-state index is 12.1. The van der Waals surface area contributed by atoms with Gasteiger partial charge in [-0.1, -0.05) is 17.7 Å². The van der Waals surface area contributed by atoms with E-state index in [-0.39, 0.29) is 6.61 Å². The fraction of sp³-hybridized carbons (Fsp3) is 0.300. The number of nitrogens with one attached hydrogen (secondary N) is 3. The Kier molecular flexibility index (Phi) is 6.70. The Bertz CT molecular complexity index is 926. The Hall–Kier alpha value is -3.42. The van der Waals surface area contributed by atoms with Gasteiger partial charge in [0.05, 0.1) is 23.6 Å². The molecule has 0 aliphatic heterocycles. The molecule has 2 amide bonds. The molecule has 148 valence electrons. The highest BCUT2D eigenvalue weighted by molar-refractivity contribution is 6.39. The standard InChI is InChI=1S/C20H24N4O4/c1-6-28-20(27)16-12(3)17(21-13(16)4)14(5)23-24-19(26)18(25)22-15-9-7-11(2)8-10-15/h7-10,21H,6H2,1-5H3,(H,22,25)(H,24,26)/b23-14+. The minimum absolute atomic E-state index is 0.275. The Balaban J connectivity index is 2.08. The van der Waals surface area contributed by atoms with Crippen molar-refractivity contribution in [3.8, 4) is 0 Å². The van der Waals surface area contributed by atoms with Gasteiger partial charge in [-0.2, -0.15) is 5.10 Å². The molecule has 1 aromatic heterocycles. The number of hydrazone groups is 1. The van der Waals surface area contributed by atoms with Crippen LogP contribution in [0.15, 0.2) is 29.4 Å². The monoisotopic (exact) mass is 384 g/mol. The Morgan fingerprint density at radius 1 is 1.07 bits per heavy atom. The van der Waals surface area contributed by atoms with Crippen LogP contribution in [0, 0.1) is 20.8 Å². The number of hydrogen-bond donors (Lipinski definition) is 3. The van der Waals surface area contributed by atoms with E-state index in [2.05, 4.69) is 20.8 Å². The first-order chi connectivity index (χ1) is 13.2. The second-order valence-corrected chi connectivity index (χ2v) is 6.30. The van der Waals surface area contributed by atoms with E-state index < -0.39 is 17.8 Å². The molecular formula is C20H24N4O4. The Morgan fingerprint density at radius 2 is 1.71 bits per heavy atom. The SMILES string of the molecule is CCOC(=O)c1c(C)[nH]c(/C(C)=N/NC(=O)C(=O)Nc2ccc(C)cc2)c1C. The third-order valence-electron chi connectivity index (χ3n) is 4.12. The third kappa shape index (κ3) is 4.85. The lowest BCUT2D eigenvalue weighted by molar-refractivity contribution is -0.136. The predicted octanol–water partition coefficient (Wildman–Crippen LogP) is 2.60. The highest BCUT2D eigenvalue weighted by Crippen LogP contribution is 2.19. The van der Waals surface area contributed by atoms with Crippen LogP contribution in [0.25, 0.3) is 0 Å². The van der Waals surface area contributed by atoms with Gasteiger partial charge in [0.1, 0.15) is 0 Å². The van der Waals surface area contributed by atoms with Gasteiger partial charge in [-0.05, 0) is 52.3 Å². The van der Waals surface area contributed by atoms with Crippen molar-refractivity contribution in [3.63, 3.8) is 0 Å². The first kappa shape index (κ1) is 20.9. The van der Waals surface area contributed by atoms with Gasteiger partial charge in [-0.25, -0.2) is 10.2 Å². The second kappa shape index (κ2) is 8.98. The van der Waals surface area contributed by atoms with Crippen LogP contribution in [-0.2, 0) is 14.3 Å². The summed E-state index contributed by atoms with van der Waals surface area (Å²) in [5.74, 6) is -2.15. The van der Waals surface area contributed by atoms with E-state index in [1.807, 2.05) is 19.1 Å². The molecule has 0 saturated heterocycles. The van der Waals surface area contributed by atoms with E-state index in [9.17, 15) is 14.4 Å². The molecule has 0 aliphatic carbocycles. The highest BCUT2D eigenvalue weighted by Gasteiger charge is 2.21. The number of aryl methyl sites for hydroxylation is 2. The van der Waals surface area contributed by atoms with Crippen LogP contribution in [0.5, 0.6) is 0 Å². The number of esters is 1. The lowest BCUT2D eigenvalue weighted by Crippen LogP contribution is -2.33. The molecule has 2 aromatic rings. The molecule has 0 aliphatic rings. The largest absolute Gasteiger partial charge is 0.462 e. The minimum Gasteiger partial charge on any atom is -0.462 e. The number of carbonyl (C=O) groups is 3. The summed E-state index contributed by atoms with van der Waals surface area (Å²) in [5.41, 5.74) is 6.53. The molecule has 0 saturated carbocycles. The Morgan fingerprint density at radius 3 is 2.32 bits per heavy atom. The number of hydrogen-bond acceptors (Lipinski definition) is 5. The molecule has 1 heterocycles. The lowest BCUT2D eigenvalue weighted by Gasteiger charge is -2.05. The molecular weight excluding hydrogens is 360 g/mol. The van der Waals surface area contributed by atoms with Gasteiger partial charge in [0, 0.05) is 11.4 Å². The number of aromatic nitrogens is 1. The fourth-order valence-corrected chi connectivity index (χ4v) is 2.69. The van der Waals surface area contributed by atoms with E-state index in [0.717, 1.165) is 5.56 Å². The molecule has 0 bridgehead atoms. The average molecular weight is 384 g/mol. The third-order valence-corrected chi connectivity index (χ3v) is 4.12. The van der Waals surface area contributed by atoms with Crippen LogP contribution < -0.4 is 10.7 Å². The van der Waals surface area contributed by atoms with Crippen molar-refractivity contribution in [1.82, 2.24) is 10.4 Å². The van der Waals surface area contributed by atoms with Crippen molar-refractivity contribution < 1.29 is 19.1 Å². The van der Waals surface area contributed by atoms with E-state index in [4.69, 9.17) is 4.74 Å². The average Bonchev–Trinajstić information content (AvgIpc) is 2.95. The minimum atomic E-state index is -0.897. The van der Waals surface area contributed by atoms with Crippen molar-refractivity contribution >= 4 is 29.2 Å². The summed E-state index contributed by atoms with van der Waals surface area (Å²) in [6.07, 6.45) is 0. The lowest BCUT2D eigenvalue weighted by atomic mass is 10.1. The van der Waals surface area contributed by atoms with Gasteiger partial charge in [0.2, 0.25) is 0 Å². The van der Waals surface area contributed by atoms with E-state index in [0.29, 0.717) is 33.9 Å². The number of aromatic amines is 1. The van der Waals surface area contributed by atoms with Crippen LogP contribution in [-0.4, -0.2) is 35.1 Å². The van der Waals surface area contributed by atoms with Crippen molar-refractivity contribution in [1.29, 1.82) is 0 Å². The quantitative estimate of drug-likeness (QED) is 0.318. The number of carbonyl (C=O) groups excluding carboxylic acids is 3. The second-order valence-electron chi connectivity index (χ2n) is 6.30. The fourth-order valence-electron chi connectivity index (χ4n) is 2.69. The van der Waals surface area contributed by atoms with Crippen molar-refractivity contribution in [3.05, 3.63) is 52.3 Å². The smallest absolute Gasteiger partial charge is 0.340 e. The van der Waals surface area contributed by atoms with Crippen LogP contribution in [0.1, 0.15) is 46.7 Å². The summed E-state index contributed by atoms with van der Waals surface area (Å²) < 4.78 is 5.05. The normalized spacial score (nSPS) is 11.1. The van der Waals surface area contributed by atoms with Gasteiger partial charge in [-0.15, -0.1) is 0 Å². The summed E-state index contributed by atoms with van der Waals surface area (Å²) in [6, 6.07) is 7.06. The number of ether oxygens (including phenoxy) is 1. The summed E-state index contributed by atoms with van der Waals surface area (Å²) in [5, 5.41) is 6.46. The number of nitrogens with zero attached hydrogens (tertiary/aromatic N) is 1. The maximum absolute atomic E-state index is 12.1. The van der Waals surface area contributed by atoms with Gasteiger partial charge < -0.3 is 15.0 Å². The van der Waals surface area contributed by atoms with Crippen molar-refractivity contribution in [2.75, 3.05) is 11.9 Å². The molecule has 0 unspecified atom stereocenters. The number of benzene rings is 1. The van der Waals surface area contributed by atoms with Crippen molar-refractivity contribution in [2.24, 2.45) is 5.10 Å². The first-order valence-corrected chi connectivity index (χ1v) is 8.83. The summed E-state index contributed by atoms with van der Waals surface area (Å²) in [7, 11) is 0. The molecule has 0 radical (unpaired) electrons. The van der Waals surface area contributed by atoms with E-state index in [1.54, 1.807) is 39.8 Å². The molecule has 28 heavy (non-hydrogen) atoms. The molecule has 2 rings (SSSR count). The first-order valence-electron chi connectivity index (χ1n) is 8.83. The molecule has 8 heteroatoms. The summed E-state index contributed by atoms with van der Waals surface area (Å²) in [6.45, 7) is 9.11. The molecule has 0 atom stereocenters. The highest BCUT2D eigenvalue weighted by atomic mass is 16.5. The number of anilines is 1. The van der Waals surface area contributed by atoms with E-state index >= 15 is 0 Å². The molecule has 0 fully saturated rings. The van der Waals surface area contributed by atoms with Gasteiger partial charge in [0.25, 0.3) is 0 Å². The Labute approximate surface area is 163 Å². The molecule has 0 spiro atoms. The predicted molar refractivity (Wildman–Crippen MR) is 106 cm³/mol. The number of amides is 2. The summed E-state index contributed by atoms with van der Waals surface area (Å²) >= 11 is 0. The van der Waals surface area contributed by atoms with Gasteiger partial charge in [0.15, 0.2) is 0 Å². The van der Waals surface area contributed by atoms with Crippen LogP contribution in [0.4, 0.5) is 5.69 Å². The molecule has 8 nitrogen and oxygen atoms in total. The molecule has 1 aromatic carbocycles. The van der Waals surface area contributed by atoms with Gasteiger partial charge in [-0.3, -0.25) is 9.59 Å².